The molecule has 1 aliphatic heterocycles. The Labute approximate surface area is 113 Å². The van der Waals surface area contributed by atoms with Crippen molar-refractivity contribution in [2.24, 2.45) is 5.73 Å². The Bertz CT molecular complexity index is 420. The molecule has 1 amide bonds. The molecule has 1 aromatic rings. The molecule has 5 heteroatoms. The van der Waals surface area contributed by atoms with Crippen molar-refractivity contribution < 1.29 is 14.3 Å². The number of ether oxygens (including phenoxy) is 2. The number of likely N-dealkylation sites (N-methyl/N-ethyl adjacent to an activating group) is 1. The highest BCUT2D eigenvalue weighted by atomic mass is 16.6. The number of amides is 1. The molecule has 1 aromatic carbocycles. The Balaban J connectivity index is 2.21. The van der Waals surface area contributed by atoms with E-state index < -0.39 is 11.4 Å². The van der Waals surface area contributed by atoms with E-state index in [4.69, 9.17) is 15.2 Å². The summed E-state index contributed by atoms with van der Waals surface area (Å²) in [5.74, 6) is -0.430. The van der Waals surface area contributed by atoms with Crippen molar-refractivity contribution >= 4 is 5.91 Å². The van der Waals surface area contributed by atoms with Gasteiger partial charge >= 0.3 is 0 Å². The Morgan fingerprint density at radius 3 is 2.63 bits per heavy atom. The van der Waals surface area contributed by atoms with Crippen LogP contribution in [0, 0.1) is 0 Å². The molecule has 1 unspecified atom stereocenters. The second-order valence-corrected chi connectivity index (χ2v) is 4.64. The fourth-order valence-electron chi connectivity index (χ4n) is 2.11. The first-order valence-corrected chi connectivity index (χ1v) is 6.49. The predicted molar refractivity (Wildman–Crippen MR) is 71.6 cm³/mol. The lowest BCUT2D eigenvalue weighted by Gasteiger charge is -2.35. The molecule has 0 aliphatic carbocycles. The average Bonchev–Trinajstić information content (AvgIpc) is 2.36. The molecule has 1 heterocycles. The quantitative estimate of drug-likeness (QED) is 0.747. The van der Waals surface area contributed by atoms with E-state index in [9.17, 15) is 4.79 Å². The first-order chi connectivity index (χ1) is 9.19. The summed E-state index contributed by atoms with van der Waals surface area (Å²) >= 11 is 0. The predicted octanol–water partition coefficient (Wildman–Crippen LogP) is 0.392. The normalized spacial score (nSPS) is 18.6. The van der Waals surface area contributed by atoms with Crippen molar-refractivity contribution in [1.82, 2.24) is 5.32 Å². The molecule has 5 nitrogen and oxygen atoms in total. The van der Waals surface area contributed by atoms with Gasteiger partial charge in [-0.1, -0.05) is 37.3 Å². The van der Waals surface area contributed by atoms with E-state index in [1.54, 1.807) is 0 Å². The van der Waals surface area contributed by atoms with Crippen LogP contribution in [0.5, 0.6) is 0 Å². The maximum atomic E-state index is 12.0. The molecule has 0 radical (unpaired) electrons. The standard InChI is InChI=1S/C14H20N2O3/c1-2-16-14(13(15)17,10-19-12-8-18-9-12)11-6-4-3-5-7-11/h3-7,12,16H,2,8-10H2,1H3,(H2,15,17). The first kappa shape index (κ1) is 14.0. The largest absolute Gasteiger partial charge is 0.376 e. The third-order valence-corrected chi connectivity index (χ3v) is 3.31. The summed E-state index contributed by atoms with van der Waals surface area (Å²) in [6, 6.07) is 9.44. The lowest BCUT2D eigenvalue weighted by atomic mass is 9.89. The Morgan fingerprint density at radius 2 is 2.16 bits per heavy atom. The van der Waals surface area contributed by atoms with Gasteiger partial charge in [0.05, 0.1) is 19.8 Å². The number of benzene rings is 1. The zero-order chi connectivity index (χ0) is 13.7. The van der Waals surface area contributed by atoms with Crippen LogP contribution in [0.4, 0.5) is 0 Å². The summed E-state index contributed by atoms with van der Waals surface area (Å²) in [4.78, 5) is 12.0. The highest BCUT2D eigenvalue weighted by Crippen LogP contribution is 2.23. The Kier molecular flexibility index (Phi) is 4.52. The minimum absolute atomic E-state index is 0.0566. The van der Waals surface area contributed by atoms with Crippen LogP contribution in [-0.2, 0) is 19.8 Å². The van der Waals surface area contributed by atoms with Crippen molar-refractivity contribution in [2.75, 3.05) is 26.4 Å². The van der Waals surface area contributed by atoms with Gasteiger partial charge in [-0.05, 0) is 12.1 Å². The summed E-state index contributed by atoms with van der Waals surface area (Å²) in [7, 11) is 0. The minimum atomic E-state index is -0.981. The van der Waals surface area contributed by atoms with E-state index in [1.807, 2.05) is 37.3 Å². The second-order valence-electron chi connectivity index (χ2n) is 4.64. The van der Waals surface area contributed by atoms with E-state index >= 15 is 0 Å². The summed E-state index contributed by atoms with van der Waals surface area (Å²) < 4.78 is 10.8. The third-order valence-electron chi connectivity index (χ3n) is 3.31. The van der Waals surface area contributed by atoms with Crippen LogP contribution in [0.1, 0.15) is 12.5 Å². The SMILES string of the molecule is CCNC(COC1COC1)(C(N)=O)c1ccccc1. The van der Waals surface area contributed by atoms with Gasteiger partial charge in [-0.25, -0.2) is 0 Å². The summed E-state index contributed by atoms with van der Waals surface area (Å²) in [6.45, 7) is 3.94. The van der Waals surface area contributed by atoms with Gasteiger partial charge < -0.3 is 15.2 Å². The number of nitrogens with two attached hydrogens (primary N) is 1. The number of rotatable bonds is 7. The highest BCUT2D eigenvalue weighted by molar-refractivity contribution is 5.86. The van der Waals surface area contributed by atoms with Crippen molar-refractivity contribution in [3.8, 4) is 0 Å². The number of carbonyl (C=O) groups is 1. The fraction of sp³-hybridized carbons (Fsp3) is 0.500. The van der Waals surface area contributed by atoms with Crippen molar-refractivity contribution in [3.05, 3.63) is 35.9 Å². The molecule has 1 aliphatic rings. The lowest BCUT2D eigenvalue weighted by molar-refractivity contribution is -0.150. The Morgan fingerprint density at radius 1 is 1.47 bits per heavy atom. The zero-order valence-corrected chi connectivity index (χ0v) is 11.1. The molecular formula is C14H20N2O3. The van der Waals surface area contributed by atoms with Gasteiger partial charge in [0.25, 0.3) is 0 Å². The smallest absolute Gasteiger partial charge is 0.244 e. The fourth-order valence-corrected chi connectivity index (χ4v) is 2.11. The minimum Gasteiger partial charge on any atom is -0.376 e. The average molecular weight is 264 g/mol. The molecule has 0 saturated carbocycles. The van der Waals surface area contributed by atoms with Crippen LogP contribution in [-0.4, -0.2) is 38.4 Å². The lowest BCUT2D eigenvalue weighted by Crippen LogP contribution is -2.57. The monoisotopic (exact) mass is 264 g/mol. The maximum absolute atomic E-state index is 12.0. The van der Waals surface area contributed by atoms with E-state index in [1.165, 1.54) is 0 Å². The summed E-state index contributed by atoms with van der Waals surface area (Å²) in [5.41, 5.74) is 5.47. The van der Waals surface area contributed by atoms with E-state index in [-0.39, 0.29) is 12.7 Å². The van der Waals surface area contributed by atoms with Crippen LogP contribution in [0.3, 0.4) is 0 Å². The van der Waals surface area contributed by atoms with Crippen molar-refractivity contribution in [2.45, 2.75) is 18.6 Å². The maximum Gasteiger partial charge on any atom is 0.244 e. The van der Waals surface area contributed by atoms with Gasteiger partial charge in [-0.15, -0.1) is 0 Å². The van der Waals surface area contributed by atoms with Gasteiger partial charge in [-0.3, -0.25) is 10.1 Å². The van der Waals surface area contributed by atoms with E-state index in [2.05, 4.69) is 5.32 Å². The van der Waals surface area contributed by atoms with Crippen molar-refractivity contribution in [1.29, 1.82) is 0 Å². The first-order valence-electron chi connectivity index (χ1n) is 6.49. The van der Waals surface area contributed by atoms with Crippen LogP contribution < -0.4 is 11.1 Å². The molecule has 3 N–H and O–H groups in total. The topological polar surface area (TPSA) is 73.6 Å². The molecule has 0 bridgehead atoms. The molecule has 104 valence electrons. The van der Waals surface area contributed by atoms with E-state index in [0.29, 0.717) is 19.8 Å². The number of primary amides is 1. The van der Waals surface area contributed by atoms with Gasteiger partial charge in [-0.2, -0.15) is 0 Å². The van der Waals surface area contributed by atoms with E-state index in [0.717, 1.165) is 5.56 Å². The number of carbonyl (C=O) groups excluding carboxylic acids is 1. The van der Waals surface area contributed by atoms with Gasteiger partial charge in [0.2, 0.25) is 5.91 Å². The number of hydrogen-bond donors (Lipinski definition) is 2. The van der Waals surface area contributed by atoms with Gasteiger partial charge in [0.1, 0.15) is 11.6 Å². The summed E-state index contributed by atoms with van der Waals surface area (Å²) in [5, 5.41) is 3.18. The zero-order valence-electron chi connectivity index (χ0n) is 11.1. The molecule has 0 aromatic heterocycles. The second kappa shape index (κ2) is 6.14. The van der Waals surface area contributed by atoms with Crippen LogP contribution >= 0.6 is 0 Å². The number of hydrogen-bond acceptors (Lipinski definition) is 4. The number of nitrogens with one attached hydrogen (secondary N) is 1. The molecule has 0 spiro atoms. The highest BCUT2D eigenvalue weighted by Gasteiger charge is 2.39. The molecular weight excluding hydrogens is 244 g/mol. The van der Waals surface area contributed by atoms with Gasteiger partial charge in [0.15, 0.2) is 0 Å². The third kappa shape index (κ3) is 2.94. The molecule has 1 saturated heterocycles. The van der Waals surface area contributed by atoms with Crippen LogP contribution in [0.2, 0.25) is 0 Å². The molecule has 2 rings (SSSR count). The van der Waals surface area contributed by atoms with Crippen LogP contribution in [0.25, 0.3) is 0 Å². The summed E-state index contributed by atoms with van der Waals surface area (Å²) in [6.07, 6.45) is 0.0566. The molecule has 19 heavy (non-hydrogen) atoms. The molecule has 1 atom stereocenters. The van der Waals surface area contributed by atoms with Crippen LogP contribution in [0.15, 0.2) is 30.3 Å². The molecule has 1 fully saturated rings. The van der Waals surface area contributed by atoms with Gasteiger partial charge in [0, 0.05) is 0 Å². The Hall–Kier alpha value is -1.43. The van der Waals surface area contributed by atoms with Crippen molar-refractivity contribution in [3.63, 3.8) is 0 Å².